The number of nitrogens with zero attached hydrogens (tertiary/aromatic N) is 4. The molecule has 0 aromatic carbocycles. The van der Waals surface area contributed by atoms with E-state index in [4.69, 9.17) is 0 Å². The van der Waals surface area contributed by atoms with E-state index in [0.717, 1.165) is 51.6 Å². The van der Waals surface area contributed by atoms with Gasteiger partial charge in [0.15, 0.2) is 0 Å². The lowest BCUT2D eigenvalue weighted by Crippen LogP contribution is -2.61. The number of hydrogen-bond donors (Lipinski definition) is 2. The van der Waals surface area contributed by atoms with Crippen LogP contribution in [0.2, 0.25) is 0 Å². The molecule has 40 heavy (non-hydrogen) atoms. The summed E-state index contributed by atoms with van der Waals surface area (Å²) in [5.41, 5.74) is -0.466. The van der Waals surface area contributed by atoms with E-state index in [1.807, 2.05) is 34.9 Å². The van der Waals surface area contributed by atoms with Gasteiger partial charge in [-0.15, -0.1) is 0 Å². The summed E-state index contributed by atoms with van der Waals surface area (Å²) in [6.07, 6.45) is 6.11. The van der Waals surface area contributed by atoms with Gasteiger partial charge in [-0.05, 0) is 70.0 Å². The second-order valence-corrected chi connectivity index (χ2v) is 13.5. The van der Waals surface area contributed by atoms with Crippen molar-refractivity contribution in [2.75, 3.05) is 47.3 Å². The van der Waals surface area contributed by atoms with Crippen LogP contribution in [0.4, 0.5) is 0 Å². The first-order valence-electron chi connectivity index (χ1n) is 15.3. The Balaban J connectivity index is 1.74. The molecular formula is C30H54N6O4. The quantitative estimate of drug-likeness (QED) is 0.443. The van der Waals surface area contributed by atoms with Crippen LogP contribution >= 0.6 is 0 Å². The maximum absolute atomic E-state index is 14.0. The normalized spacial score (nSPS) is 26.0. The van der Waals surface area contributed by atoms with Gasteiger partial charge in [-0.25, -0.2) is 0 Å². The second kappa shape index (κ2) is 13.6. The lowest BCUT2D eigenvalue weighted by atomic mass is 9.84. The lowest BCUT2D eigenvalue weighted by molar-refractivity contribution is -0.144. The van der Waals surface area contributed by atoms with Gasteiger partial charge in [0.05, 0.1) is 12.1 Å². The van der Waals surface area contributed by atoms with E-state index in [-0.39, 0.29) is 47.7 Å². The number of carbonyl (C=O) groups excluding carboxylic acids is 4. The molecule has 4 amide bonds. The molecule has 3 heterocycles. The Kier molecular flexibility index (Phi) is 11.0. The van der Waals surface area contributed by atoms with Crippen LogP contribution in [0.5, 0.6) is 0 Å². The van der Waals surface area contributed by atoms with Crippen LogP contribution < -0.4 is 10.6 Å². The van der Waals surface area contributed by atoms with Gasteiger partial charge in [0, 0.05) is 33.2 Å². The summed E-state index contributed by atoms with van der Waals surface area (Å²) in [4.78, 5) is 61.3. The summed E-state index contributed by atoms with van der Waals surface area (Å²) in [7, 11) is 5.43. The van der Waals surface area contributed by atoms with E-state index >= 15 is 0 Å². The van der Waals surface area contributed by atoms with Crippen LogP contribution in [-0.4, -0.2) is 121 Å². The molecule has 10 heteroatoms. The molecule has 0 radical (unpaired) electrons. The molecule has 3 aliphatic heterocycles. The molecule has 228 valence electrons. The molecule has 2 N–H and O–H groups in total. The first-order chi connectivity index (χ1) is 18.8. The Hall–Kier alpha value is -2.20. The van der Waals surface area contributed by atoms with E-state index < -0.39 is 17.5 Å². The van der Waals surface area contributed by atoms with Crippen molar-refractivity contribution < 1.29 is 19.2 Å². The van der Waals surface area contributed by atoms with Crippen molar-refractivity contribution in [3.05, 3.63) is 0 Å². The molecule has 0 bridgehead atoms. The monoisotopic (exact) mass is 562 g/mol. The van der Waals surface area contributed by atoms with E-state index in [1.165, 1.54) is 0 Å². The molecule has 0 aromatic rings. The second-order valence-electron chi connectivity index (χ2n) is 13.5. The summed E-state index contributed by atoms with van der Waals surface area (Å²) >= 11 is 0. The Labute approximate surface area is 241 Å². The predicted molar refractivity (Wildman–Crippen MR) is 156 cm³/mol. The Morgan fingerprint density at radius 1 is 0.875 bits per heavy atom. The van der Waals surface area contributed by atoms with Crippen LogP contribution in [0.15, 0.2) is 0 Å². The number of likely N-dealkylation sites (tertiary alicyclic amines) is 3. The summed E-state index contributed by atoms with van der Waals surface area (Å²) in [6.45, 7) is 13.0. The van der Waals surface area contributed by atoms with Crippen molar-refractivity contribution in [3.63, 3.8) is 0 Å². The number of hydrogen-bond acceptors (Lipinski definition) is 6. The molecule has 3 aliphatic rings. The average Bonchev–Trinajstić information content (AvgIpc) is 3.58. The zero-order valence-electron chi connectivity index (χ0n) is 26.2. The van der Waals surface area contributed by atoms with E-state index in [9.17, 15) is 19.2 Å². The van der Waals surface area contributed by atoms with Crippen LogP contribution in [0.3, 0.4) is 0 Å². The third-order valence-electron chi connectivity index (χ3n) is 9.24. The van der Waals surface area contributed by atoms with Crippen LogP contribution in [0.1, 0.15) is 79.6 Å². The highest BCUT2D eigenvalue weighted by Crippen LogP contribution is 2.28. The van der Waals surface area contributed by atoms with Gasteiger partial charge in [-0.3, -0.25) is 29.0 Å². The Morgan fingerprint density at radius 2 is 1.50 bits per heavy atom. The molecule has 3 rings (SSSR count). The molecular weight excluding hydrogens is 508 g/mol. The number of carbonyl (C=O) groups is 4. The maximum Gasteiger partial charge on any atom is 0.245 e. The highest BCUT2D eigenvalue weighted by Gasteiger charge is 2.43. The first kappa shape index (κ1) is 32.3. The molecule has 5 atom stereocenters. The van der Waals surface area contributed by atoms with Gasteiger partial charge < -0.3 is 20.4 Å². The molecule has 1 unspecified atom stereocenters. The largest absolute Gasteiger partial charge is 0.357 e. The zero-order chi connectivity index (χ0) is 29.8. The van der Waals surface area contributed by atoms with E-state index in [2.05, 4.69) is 34.3 Å². The molecule has 10 nitrogen and oxygen atoms in total. The number of piperidine rings is 1. The van der Waals surface area contributed by atoms with Crippen molar-refractivity contribution in [1.29, 1.82) is 0 Å². The standard InChI is InChI=1S/C30H54N6O4/c1-20(2)24(19-35-17-11-15-23(35)28(39)36-18-12-14-22(36)26(37)31-6)34(8)29(40)25(30(3,4)5)32-27(38)21-13-9-10-16-33(21)7/h20-25H,9-19H2,1-8H3,(H,31,37)(H,32,38)/t21?,22-,23+,24-,25-/m1/s1. The fourth-order valence-electron chi connectivity index (χ4n) is 6.67. The molecule has 0 aromatic heterocycles. The minimum Gasteiger partial charge on any atom is -0.357 e. The van der Waals surface area contributed by atoms with Gasteiger partial charge >= 0.3 is 0 Å². The highest BCUT2D eigenvalue weighted by atomic mass is 16.2. The predicted octanol–water partition coefficient (Wildman–Crippen LogP) is 1.69. The summed E-state index contributed by atoms with van der Waals surface area (Å²) in [5.74, 6) is -0.103. The Morgan fingerprint density at radius 3 is 2.10 bits per heavy atom. The van der Waals surface area contributed by atoms with Crippen LogP contribution in [0.25, 0.3) is 0 Å². The van der Waals surface area contributed by atoms with Crippen molar-refractivity contribution in [3.8, 4) is 0 Å². The minimum absolute atomic E-state index is 0.0246. The third-order valence-corrected chi connectivity index (χ3v) is 9.24. The van der Waals surface area contributed by atoms with E-state index in [1.54, 1.807) is 16.8 Å². The highest BCUT2D eigenvalue weighted by molar-refractivity contribution is 5.91. The van der Waals surface area contributed by atoms with Crippen molar-refractivity contribution in [1.82, 2.24) is 30.2 Å². The molecule has 3 fully saturated rings. The first-order valence-corrected chi connectivity index (χ1v) is 15.3. The molecule has 0 aliphatic carbocycles. The van der Waals surface area contributed by atoms with Crippen LogP contribution in [0, 0.1) is 11.3 Å². The van der Waals surface area contributed by atoms with Gasteiger partial charge in [0.25, 0.3) is 0 Å². The van der Waals surface area contributed by atoms with Crippen molar-refractivity contribution >= 4 is 23.6 Å². The Bertz CT molecular complexity index is 918. The fraction of sp³-hybridized carbons (Fsp3) is 0.867. The number of nitrogens with one attached hydrogen (secondary N) is 2. The third kappa shape index (κ3) is 7.35. The average molecular weight is 563 g/mol. The number of rotatable bonds is 9. The molecule has 0 saturated carbocycles. The topological polar surface area (TPSA) is 105 Å². The SMILES string of the molecule is CNC(=O)[C@H]1CCCN1C(=O)[C@@H]1CCCN1C[C@H](C(C)C)N(C)C(=O)[C@@H](NC(=O)C1CCCCN1C)C(C)(C)C. The molecule has 0 spiro atoms. The van der Waals surface area contributed by atoms with Gasteiger partial charge in [0.1, 0.15) is 12.1 Å². The van der Waals surface area contributed by atoms with Gasteiger partial charge in [-0.2, -0.15) is 0 Å². The minimum atomic E-state index is -0.657. The number of likely N-dealkylation sites (N-methyl/N-ethyl adjacent to an activating group) is 3. The fourth-order valence-corrected chi connectivity index (χ4v) is 6.67. The molecule has 3 saturated heterocycles. The van der Waals surface area contributed by atoms with E-state index in [0.29, 0.717) is 19.5 Å². The van der Waals surface area contributed by atoms with Gasteiger partial charge in [-0.1, -0.05) is 41.0 Å². The lowest BCUT2D eigenvalue weighted by Gasteiger charge is -2.41. The summed E-state index contributed by atoms with van der Waals surface area (Å²) in [5, 5.41) is 5.83. The van der Waals surface area contributed by atoms with Gasteiger partial charge in [0.2, 0.25) is 23.6 Å². The summed E-state index contributed by atoms with van der Waals surface area (Å²) < 4.78 is 0. The number of amides is 4. The smallest absolute Gasteiger partial charge is 0.245 e. The van der Waals surface area contributed by atoms with Crippen LogP contribution in [-0.2, 0) is 19.2 Å². The summed E-state index contributed by atoms with van der Waals surface area (Å²) in [6, 6.07) is -1.68. The maximum atomic E-state index is 14.0. The van der Waals surface area contributed by atoms with Crippen molar-refractivity contribution in [2.24, 2.45) is 11.3 Å². The zero-order valence-corrected chi connectivity index (χ0v) is 26.2. The van der Waals surface area contributed by atoms with Crippen molar-refractivity contribution in [2.45, 2.75) is 110 Å².